The second kappa shape index (κ2) is 7.74. The van der Waals surface area contributed by atoms with Gasteiger partial charge in [-0.25, -0.2) is 8.42 Å². The van der Waals surface area contributed by atoms with Gasteiger partial charge in [-0.3, -0.25) is 4.79 Å². The minimum Gasteiger partial charge on any atom is -0.372 e. The monoisotopic (exact) mass is 365 g/mol. The number of sulfone groups is 1. The summed E-state index contributed by atoms with van der Waals surface area (Å²) < 4.78 is 23.1. The van der Waals surface area contributed by atoms with Crippen LogP contribution in [0.1, 0.15) is 25.7 Å². The van der Waals surface area contributed by atoms with Gasteiger partial charge in [0.2, 0.25) is 5.91 Å². The summed E-state index contributed by atoms with van der Waals surface area (Å²) in [7, 11) is -0.993. The van der Waals surface area contributed by atoms with Crippen LogP contribution in [0.5, 0.6) is 0 Å². The molecule has 2 aliphatic heterocycles. The number of nitrogens with zero attached hydrogens (tertiary/aromatic N) is 2. The van der Waals surface area contributed by atoms with E-state index in [1.807, 2.05) is 24.1 Å². The van der Waals surface area contributed by atoms with Crippen molar-refractivity contribution in [3.63, 3.8) is 0 Å². The molecule has 1 unspecified atom stereocenters. The Balaban J connectivity index is 1.44. The Labute approximate surface area is 150 Å². The van der Waals surface area contributed by atoms with Crippen molar-refractivity contribution >= 4 is 27.1 Å². The zero-order chi connectivity index (χ0) is 17.9. The topological polar surface area (TPSA) is 69.7 Å². The van der Waals surface area contributed by atoms with Crippen LogP contribution in [0.4, 0.5) is 11.4 Å². The average molecular weight is 365 g/mol. The second-order valence-electron chi connectivity index (χ2n) is 7.08. The number of carbonyl (C=O) groups is 1. The summed E-state index contributed by atoms with van der Waals surface area (Å²) in [6, 6.07) is 8.03. The normalized spacial score (nSPS) is 22.5. The highest BCUT2D eigenvalue weighted by molar-refractivity contribution is 7.91. The van der Waals surface area contributed by atoms with Crippen LogP contribution < -0.4 is 10.2 Å². The highest BCUT2D eigenvalue weighted by Gasteiger charge is 2.30. The maximum absolute atomic E-state index is 12.1. The molecule has 1 aromatic rings. The van der Waals surface area contributed by atoms with Crippen LogP contribution in [0.3, 0.4) is 0 Å². The average Bonchev–Trinajstić information content (AvgIpc) is 3.23. The minimum atomic E-state index is -2.89. The number of amides is 1. The molecule has 0 saturated carbocycles. The molecule has 0 aromatic heterocycles. The van der Waals surface area contributed by atoms with E-state index in [-0.39, 0.29) is 23.5 Å². The molecule has 0 spiro atoms. The molecule has 138 valence electrons. The summed E-state index contributed by atoms with van der Waals surface area (Å²) in [5.74, 6) is 0.433. The lowest BCUT2D eigenvalue weighted by Crippen LogP contribution is -2.35. The lowest BCUT2D eigenvalue weighted by atomic mass is 10.2. The van der Waals surface area contributed by atoms with Crippen LogP contribution in [-0.2, 0) is 14.6 Å². The molecule has 2 fully saturated rings. The number of anilines is 2. The van der Waals surface area contributed by atoms with Gasteiger partial charge in [0, 0.05) is 43.5 Å². The zero-order valence-corrected chi connectivity index (χ0v) is 15.6. The van der Waals surface area contributed by atoms with Crippen LogP contribution in [0, 0.1) is 0 Å². The molecule has 25 heavy (non-hydrogen) atoms. The molecule has 6 nitrogen and oxygen atoms in total. The van der Waals surface area contributed by atoms with Crippen molar-refractivity contribution in [2.45, 2.75) is 31.7 Å². The number of hydrogen-bond donors (Lipinski definition) is 1. The van der Waals surface area contributed by atoms with E-state index in [0.717, 1.165) is 18.8 Å². The van der Waals surface area contributed by atoms with Gasteiger partial charge in [-0.15, -0.1) is 0 Å². The Hall–Kier alpha value is -1.60. The summed E-state index contributed by atoms with van der Waals surface area (Å²) in [5, 5.41) is 2.92. The van der Waals surface area contributed by atoms with Crippen LogP contribution in [-0.4, -0.2) is 63.5 Å². The maximum atomic E-state index is 12.1. The molecule has 1 amide bonds. The van der Waals surface area contributed by atoms with E-state index in [9.17, 15) is 13.2 Å². The maximum Gasteiger partial charge on any atom is 0.225 e. The fourth-order valence-corrected chi connectivity index (χ4v) is 5.34. The van der Waals surface area contributed by atoms with Crippen molar-refractivity contribution in [1.29, 1.82) is 0 Å². The molecule has 0 aliphatic carbocycles. The third kappa shape index (κ3) is 4.95. The van der Waals surface area contributed by atoms with Gasteiger partial charge in [-0.1, -0.05) is 0 Å². The summed E-state index contributed by atoms with van der Waals surface area (Å²) in [6.07, 6.45) is 3.52. The lowest BCUT2D eigenvalue weighted by molar-refractivity contribution is -0.116. The van der Waals surface area contributed by atoms with E-state index in [1.165, 1.54) is 18.5 Å². The van der Waals surface area contributed by atoms with Crippen molar-refractivity contribution in [3.8, 4) is 0 Å². The summed E-state index contributed by atoms with van der Waals surface area (Å²) >= 11 is 0. The van der Waals surface area contributed by atoms with Crippen molar-refractivity contribution in [3.05, 3.63) is 24.3 Å². The standard InChI is InChI=1S/C18H27N3O3S/c1-20(17-9-13-25(23,24)14-17)12-8-18(22)19-15-4-6-16(7-5-15)21-10-2-3-11-21/h4-7,17H,2-3,8-14H2,1H3,(H,19,22). The van der Waals surface area contributed by atoms with Crippen LogP contribution >= 0.6 is 0 Å². The van der Waals surface area contributed by atoms with E-state index in [0.29, 0.717) is 19.4 Å². The summed E-state index contributed by atoms with van der Waals surface area (Å²) in [5.41, 5.74) is 2.01. The first kappa shape index (κ1) is 18.2. The van der Waals surface area contributed by atoms with E-state index in [2.05, 4.69) is 22.3 Å². The quantitative estimate of drug-likeness (QED) is 0.831. The SMILES string of the molecule is CN(CCC(=O)Nc1ccc(N2CCCC2)cc1)C1CCS(=O)(=O)C1. The lowest BCUT2D eigenvalue weighted by Gasteiger charge is -2.22. The molecule has 1 aromatic carbocycles. The van der Waals surface area contributed by atoms with Crippen molar-refractivity contribution in [2.75, 3.05) is 48.4 Å². The number of benzene rings is 1. The van der Waals surface area contributed by atoms with Gasteiger partial charge < -0.3 is 15.1 Å². The van der Waals surface area contributed by atoms with Gasteiger partial charge in [-0.2, -0.15) is 0 Å². The third-order valence-electron chi connectivity index (χ3n) is 5.15. The van der Waals surface area contributed by atoms with Crippen molar-refractivity contribution in [2.24, 2.45) is 0 Å². The molecule has 3 rings (SSSR count). The van der Waals surface area contributed by atoms with E-state index < -0.39 is 9.84 Å². The summed E-state index contributed by atoms with van der Waals surface area (Å²) in [4.78, 5) is 16.5. The number of hydrogen-bond acceptors (Lipinski definition) is 5. The molecule has 2 saturated heterocycles. The third-order valence-corrected chi connectivity index (χ3v) is 6.90. The van der Waals surface area contributed by atoms with E-state index in [4.69, 9.17) is 0 Å². The van der Waals surface area contributed by atoms with Crippen LogP contribution in [0.25, 0.3) is 0 Å². The van der Waals surface area contributed by atoms with E-state index >= 15 is 0 Å². The van der Waals surface area contributed by atoms with Crippen LogP contribution in [0.15, 0.2) is 24.3 Å². The Morgan fingerprint density at radius 3 is 2.52 bits per heavy atom. The first-order chi connectivity index (χ1) is 11.9. The molecule has 0 bridgehead atoms. The highest BCUT2D eigenvalue weighted by atomic mass is 32.2. The Morgan fingerprint density at radius 1 is 1.24 bits per heavy atom. The van der Waals surface area contributed by atoms with Gasteiger partial charge in [-0.05, 0) is 50.6 Å². The number of rotatable bonds is 6. The molecule has 2 heterocycles. The molecule has 1 atom stereocenters. The molecule has 0 radical (unpaired) electrons. The molecule has 7 heteroatoms. The van der Waals surface area contributed by atoms with Gasteiger partial charge in [0.05, 0.1) is 11.5 Å². The van der Waals surface area contributed by atoms with Crippen LogP contribution in [0.2, 0.25) is 0 Å². The van der Waals surface area contributed by atoms with E-state index in [1.54, 1.807) is 0 Å². The fraction of sp³-hybridized carbons (Fsp3) is 0.611. The highest BCUT2D eigenvalue weighted by Crippen LogP contribution is 2.22. The zero-order valence-electron chi connectivity index (χ0n) is 14.8. The molecule has 1 N–H and O–H groups in total. The summed E-state index contributed by atoms with van der Waals surface area (Å²) in [6.45, 7) is 2.78. The first-order valence-electron chi connectivity index (χ1n) is 8.98. The molecule has 2 aliphatic rings. The molecular formula is C18H27N3O3S. The Morgan fingerprint density at radius 2 is 1.92 bits per heavy atom. The predicted molar refractivity (Wildman–Crippen MR) is 101 cm³/mol. The van der Waals surface area contributed by atoms with Gasteiger partial charge in [0.1, 0.15) is 0 Å². The van der Waals surface area contributed by atoms with Gasteiger partial charge in [0.25, 0.3) is 0 Å². The Bertz CT molecular complexity index is 697. The largest absolute Gasteiger partial charge is 0.372 e. The van der Waals surface area contributed by atoms with Crippen molar-refractivity contribution < 1.29 is 13.2 Å². The predicted octanol–water partition coefficient (Wildman–Crippen LogP) is 1.73. The minimum absolute atomic E-state index is 0.0394. The molecular weight excluding hydrogens is 338 g/mol. The first-order valence-corrected chi connectivity index (χ1v) is 10.8. The second-order valence-corrected chi connectivity index (χ2v) is 9.31. The smallest absolute Gasteiger partial charge is 0.225 e. The van der Waals surface area contributed by atoms with Gasteiger partial charge >= 0.3 is 0 Å². The van der Waals surface area contributed by atoms with Gasteiger partial charge in [0.15, 0.2) is 9.84 Å². The van der Waals surface area contributed by atoms with Crippen molar-refractivity contribution in [1.82, 2.24) is 4.90 Å². The Kier molecular flexibility index (Phi) is 5.64. The number of carbonyl (C=O) groups excluding carboxylic acids is 1. The number of nitrogens with one attached hydrogen (secondary N) is 1. The fourth-order valence-electron chi connectivity index (χ4n) is 3.54.